The Hall–Kier alpha value is -2.30. The second kappa shape index (κ2) is 20.0. The second-order valence-corrected chi connectivity index (χ2v) is 7.56. The standard InChI is InChI=1S/C10H14O.C10H12O.C3H8O.C3H6O/c2*1-9(11)7-8-10-5-3-2-4-6-10;2*1-3(2)4/h2-6,9,11H,7-8H2,1H3;2-6H,7-8H2,1H3;3-4H,1-2H3;1-2H3/t9-;;;/m0.../s1. The van der Waals surface area contributed by atoms with Crippen molar-refractivity contribution in [2.75, 3.05) is 0 Å². The zero-order valence-corrected chi connectivity index (χ0v) is 19.5. The van der Waals surface area contributed by atoms with Gasteiger partial charge in [-0.25, -0.2) is 0 Å². The van der Waals surface area contributed by atoms with Crippen molar-refractivity contribution in [3.63, 3.8) is 0 Å². The van der Waals surface area contributed by atoms with Crippen LogP contribution >= 0.6 is 0 Å². The van der Waals surface area contributed by atoms with Crippen molar-refractivity contribution < 1.29 is 19.8 Å². The van der Waals surface area contributed by atoms with Crippen LogP contribution in [0.25, 0.3) is 0 Å². The molecule has 2 aromatic rings. The van der Waals surface area contributed by atoms with Crippen LogP contribution in [0.5, 0.6) is 0 Å². The van der Waals surface area contributed by atoms with Gasteiger partial charge >= 0.3 is 0 Å². The highest BCUT2D eigenvalue weighted by atomic mass is 16.3. The first-order valence-corrected chi connectivity index (χ1v) is 10.4. The molecule has 0 amide bonds. The molecule has 0 aliphatic rings. The van der Waals surface area contributed by atoms with Crippen LogP contribution in [-0.4, -0.2) is 34.0 Å². The van der Waals surface area contributed by atoms with Gasteiger partial charge in [0.15, 0.2) is 0 Å². The number of aryl methyl sites for hydroxylation is 2. The number of aliphatic hydroxyl groups is 2. The molecular weight excluding hydrogens is 376 g/mol. The Morgan fingerprint density at radius 1 is 0.733 bits per heavy atom. The minimum Gasteiger partial charge on any atom is -0.394 e. The van der Waals surface area contributed by atoms with Gasteiger partial charge < -0.3 is 19.8 Å². The van der Waals surface area contributed by atoms with Crippen LogP contribution in [0.2, 0.25) is 0 Å². The lowest BCUT2D eigenvalue weighted by Crippen LogP contribution is -2.00. The van der Waals surface area contributed by atoms with E-state index in [2.05, 4.69) is 12.1 Å². The second-order valence-electron chi connectivity index (χ2n) is 7.56. The van der Waals surface area contributed by atoms with Crippen LogP contribution in [0, 0.1) is 0 Å². The number of benzene rings is 2. The van der Waals surface area contributed by atoms with Crippen LogP contribution in [0.3, 0.4) is 0 Å². The van der Waals surface area contributed by atoms with Gasteiger partial charge in [0.2, 0.25) is 0 Å². The number of rotatable bonds is 6. The van der Waals surface area contributed by atoms with Gasteiger partial charge in [0.1, 0.15) is 11.6 Å². The molecule has 0 bridgehead atoms. The van der Waals surface area contributed by atoms with E-state index in [1.807, 2.05) is 55.5 Å². The summed E-state index contributed by atoms with van der Waals surface area (Å²) in [6.07, 6.45) is 3.00. The molecule has 30 heavy (non-hydrogen) atoms. The predicted octanol–water partition coefficient (Wildman–Crippen LogP) is 5.19. The topological polar surface area (TPSA) is 74.6 Å². The average molecular weight is 417 g/mol. The zero-order chi connectivity index (χ0) is 23.4. The van der Waals surface area contributed by atoms with Crippen molar-refractivity contribution in [2.45, 2.75) is 79.4 Å². The molecule has 2 N–H and O–H groups in total. The van der Waals surface area contributed by atoms with E-state index in [9.17, 15) is 9.59 Å². The van der Waals surface area contributed by atoms with Crippen molar-refractivity contribution >= 4 is 11.6 Å². The molecule has 168 valence electrons. The largest absolute Gasteiger partial charge is 0.394 e. The number of hydrogen-bond acceptors (Lipinski definition) is 4. The fourth-order valence-corrected chi connectivity index (χ4v) is 1.99. The molecule has 0 unspecified atom stereocenters. The molecule has 4 heteroatoms. The molecule has 0 aliphatic heterocycles. The summed E-state index contributed by atoms with van der Waals surface area (Å²) in [4.78, 5) is 20.1. The quantitative estimate of drug-likeness (QED) is 0.679. The van der Waals surface area contributed by atoms with E-state index in [1.165, 1.54) is 25.0 Å². The molecule has 2 aromatic carbocycles. The summed E-state index contributed by atoms with van der Waals surface area (Å²) in [7, 11) is 0. The van der Waals surface area contributed by atoms with Crippen molar-refractivity contribution in [3.05, 3.63) is 71.8 Å². The van der Waals surface area contributed by atoms with Crippen molar-refractivity contribution in [1.82, 2.24) is 0 Å². The Labute approximate surface area is 183 Å². The number of hydrogen-bond donors (Lipinski definition) is 2. The van der Waals surface area contributed by atoms with E-state index in [0.29, 0.717) is 6.42 Å². The average Bonchev–Trinajstić information content (AvgIpc) is 2.66. The Balaban J connectivity index is 0. The van der Waals surface area contributed by atoms with E-state index < -0.39 is 0 Å². The molecule has 1 atom stereocenters. The lowest BCUT2D eigenvalue weighted by molar-refractivity contribution is -0.117. The third-order valence-corrected chi connectivity index (χ3v) is 3.30. The van der Waals surface area contributed by atoms with Crippen LogP contribution in [-0.2, 0) is 22.4 Å². The molecule has 0 radical (unpaired) electrons. The van der Waals surface area contributed by atoms with Crippen molar-refractivity contribution in [2.24, 2.45) is 0 Å². The lowest BCUT2D eigenvalue weighted by Gasteiger charge is -2.02. The monoisotopic (exact) mass is 416 g/mol. The summed E-state index contributed by atoms with van der Waals surface area (Å²) in [5.41, 5.74) is 2.54. The van der Waals surface area contributed by atoms with Gasteiger partial charge in [-0.15, -0.1) is 0 Å². The van der Waals surface area contributed by atoms with Crippen molar-refractivity contribution in [1.29, 1.82) is 0 Å². The predicted molar refractivity (Wildman–Crippen MR) is 126 cm³/mol. The SMILES string of the molecule is CC(=O)CCc1ccccc1.CC(C)=O.CC(C)O.C[C@H](O)CCc1ccccc1. The summed E-state index contributed by atoms with van der Waals surface area (Å²) in [6.45, 7) is 9.95. The molecule has 0 aliphatic carbocycles. The molecule has 0 aromatic heterocycles. The number of Topliss-reactive ketones (excluding diaryl/α,β-unsaturated/α-hetero) is 2. The maximum absolute atomic E-state index is 10.6. The summed E-state index contributed by atoms with van der Waals surface area (Å²) >= 11 is 0. The molecule has 0 fully saturated rings. The zero-order valence-electron chi connectivity index (χ0n) is 19.5. The summed E-state index contributed by atoms with van der Waals surface area (Å²) in [6, 6.07) is 20.3. The van der Waals surface area contributed by atoms with Gasteiger partial charge in [-0.05, 0) is 71.9 Å². The summed E-state index contributed by atoms with van der Waals surface area (Å²) in [5, 5.41) is 17.1. The van der Waals surface area contributed by atoms with E-state index >= 15 is 0 Å². The maximum atomic E-state index is 10.6. The normalized spacial score (nSPS) is 10.3. The molecule has 2 rings (SSSR count). The van der Waals surface area contributed by atoms with E-state index in [4.69, 9.17) is 10.2 Å². The fourth-order valence-electron chi connectivity index (χ4n) is 1.99. The number of aliphatic hydroxyl groups excluding tert-OH is 2. The van der Waals surface area contributed by atoms with Crippen LogP contribution in [0.15, 0.2) is 60.7 Å². The molecule has 0 heterocycles. The third kappa shape index (κ3) is 27.9. The smallest absolute Gasteiger partial charge is 0.130 e. The van der Waals surface area contributed by atoms with E-state index in [0.717, 1.165) is 19.3 Å². The molecule has 0 saturated heterocycles. The highest BCUT2D eigenvalue weighted by Crippen LogP contribution is 2.04. The van der Waals surface area contributed by atoms with Gasteiger partial charge in [0, 0.05) is 12.5 Å². The molecule has 0 saturated carbocycles. The van der Waals surface area contributed by atoms with Gasteiger partial charge in [0.05, 0.1) is 6.10 Å². The highest BCUT2D eigenvalue weighted by Gasteiger charge is 1.96. The van der Waals surface area contributed by atoms with Crippen LogP contribution in [0.1, 0.15) is 65.5 Å². The van der Waals surface area contributed by atoms with Crippen LogP contribution < -0.4 is 0 Å². The Kier molecular flexibility index (Phi) is 19.9. The first kappa shape index (κ1) is 29.9. The fraction of sp³-hybridized carbons (Fsp3) is 0.462. The van der Waals surface area contributed by atoms with E-state index in [-0.39, 0.29) is 23.8 Å². The number of carbonyl (C=O) groups is 2. The Bertz CT molecular complexity index is 642. The highest BCUT2D eigenvalue weighted by molar-refractivity contribution is 5.75. The lowest BCUT2D eigenvalue weighted by atomic mass is 10.1. The Morgan fingerprint density at radius 2 is 1.07 bits per heavy atom. The molecule has 4 nitrogen and oxygen atoms in total. The summed E-state index contributed by atoms with van der Waals surface area (Å²) in [5.74, 6) is 0.425. The molecule has 0 spiro atoms. The summed E-state index contributed by atoms with van der Waals surface area (Å²) < 4.78 is 0. The van der Waals surface area contributed by atoms with Crippen LogP contribution in [0.4, 0.5) is 0 Å². The Morgan fingerprint density at radius 3 is 1.37 bits per heavy atom. The minimum atomic E-state index is -0.185. The van der Waals surface area contributed by atoms with Crippen molar-refractivity contribution in [3.8, 4) is 0 Å². The first-order chi connectivity index (χ1) is 14.0. The number of ketones is 2. The maximum Gasteiger partial charge on any atom is 0.130 e. The third-order valence-electron chi connectivity index (χ3n) is 3.30. The minimum absolute atomic E-state index is 0.167. The van der Waals surface area contributed by atoms with Gasteiger partial charge in [-0.1, -0.05) is 60.7 Å². The van der Waals surface area contributed by atoms with Gasteiger partial charge in [-0.2, -0.15) is 0 Å². The van der Waals surface area contributed by atoms with Gasteiger partial charge in [0.25, 0.3) is 0 Å². The number of carbonyl (C=O) groups excluding carboxylic acids is 2. The van der Waals surface area contributed by atoms with E-state index in [1.54, 1.807) is 20.8 Å². The molecular formula is C26H40O4. The first-order valence-electron chi connectivity index (χ1n) is 10.4. The van der Waals surface area contributed by atoms with Gasteiger partial charge in [-0.3, -0.25) is 0 Å².